The van der Waals surface area contributed by atoms with Gasteiger partial charge in [-0.3, -0.25) is 9.36 Å². The van der Waals surface area contributed by atoms with E-state index in [-0.39, 0.29) is 17.3 Å². The second-order valence-electron chi connectivity index (χ2n) is 7.90. The lowest BCUT2D eigenvalue weighted by Gasteiger charge is -2.21. The number of alkyl halides is 3. The SMILES string of the molecule is CCCn1c(Oc2cccc(C(F)(F)F)c2)nc2c(c1=O)CC(C1CCCCC1)=N2. The molecule has 0 bridgehead atoms. The third-order valence-corrected chi connectivity index (χ3v) is 5.71. The van der Waals surface area contributed by atoms with E-state index in [0.29, 0.717) is 36.7 Å². The van der Waals surface area contributed by atoms with Crippen LogP contribution in [0.2, 0.25) is 0 Å². The number of ether oxygens (including phenoxy) is 1. The molecule has 1 aromatic carbocycles. The minimum absolute atomic E-state index is 0.0176. The minimum Gasteiger partial charge on any atom is -0.425 e. The van der Waals surface area contributed by atoms with Crippen molar-refractivity contribution >= 4 is 11.5 Å². The van der Waals surface area contributed by atoms with Crippen LogP contribution >= 0.6 is 0 Å². The van der Waals surface area contributed by atoms with Gasteiger partial charge in [-0.05, 0) is 43.4 Å². The summed E-state index contributed by atoms with van der Waals surface area (Å²) in [5, 5.41) is 0. The zero-order chi connectivity index (χ0) is 21.3. The Labute approximate surface area is 172 Å². The molecule has 0 radical (unpaired) electrons. The Morgan fingerprint density at radius 1 is 1.20 bits per heavy atom. The Morgan fingerprint density at radius 3 is 2.67 bits per heavy atom. The van der Waals surface area contributed by atoms with Crippen LogP contribution in [-0.4, -0.2) is 15.3 Å². The van der Waals surface area contributed by atoms with E-state index >= 15 is 0 Å². The third kappa shape index (κ3) is 4.13. The average Bonchev–Trinajstić information content (AvgIpc) is 3.16. The standard InChI is InChI=1S/C22H24F3N3O2/c1-2-11-28-20(29)17-13-18(14-7-4-3-5-8-14)26-19(17)27-21(28)30-16-10-6-9-15(12-16)22(23,24)25/h6,9-10,12,14H,2-5,7-8,11,13H2,1H3. The second-order valence-corrected chi connectivity index (χ2v) is 7.90. The van der Waals surface area contributed by atoms with Crippen LogP contribution in [0.1, 0.15) is 56.6 Å². The van der Waals surface area contributed by atoms with E-state index < -0.39 is 11.7 Å². The van der Waals surface area contributed by atoms with Crippen LogP contribution in [0.5, 0.6) is 11.8 Å². The first kappa shape index (κ1) is 20.6. The van der Waals surface area contributed by atoms with Gasteiger partial charge in [0.15, 0.2) is 5.82 Å². The van der Waals surface area contributed by atoms with E-state index in [1.807, 2.05) is 6.92 Å². The zero-order valence-electron chi connectivity index (χ0n) is 16.8. The lowest BCUT2D eigenvalue weighted by atomic mass is 9.84. The monoisotopic (exact) mass is 419 g/mol. The Bertz CT molecular complexity index is 1020. The number of hydrogen-bond acceptors (Lipinski definition) is 4. The van der Waals surface area contributed by atoms with Crippen LogP contribution in [-0.2, 0) is 19.1 Å². The van der Waals surface area contributed by atoms with Crippen molar-refractivity contribution in [1.82, 2.24) is 9.55 Å². The lowest BCUT2D eigenvalue weighted by molar-refractivity contribution is -0.137. The van der Waals surface area contributed by atoms with Crippen molar-refractivity contribution < 1.29 is 17.9 Å². The Hall–Kier alpha value is -2.64. The minimum atomic E-state index is -4.48. The molecule has 0 spiro atoms. The van der Waals surface area contributed by atoms with Crippen molar-refractivity contribution in [3.8, 4) is 11.8 Å². The van der Waals surface area contributed by atoms with E-state index in [0.717, 1.165) is 43.5 Å². The van der Waals surface area contributed by atoms with Gasteiger partial charge in [-0.2, -0.15) is 18.2 Å². The van der Waals surface area contributed by atoms with Crippen LogP contribution < -0.4 is 10.3 Å². The van der Waals surface area contributed by atoms with Gasteiger partial charge in [-0.15, -0.1) is 0 Å². The fourth-order valence-electron chi connectivity index (χ4n) is 4.18. The van der Waals surface area contributed by atoms with Gasteiger partial charge in [-0.1, -0.05) is 32.3 Å². The molecule has 2 aromatic rings. The summed E-state index contributed by atoms with van der Waals surface area (Å²) in [6.07, 6.45) is 2.39. The Kier molecular flexibility index (Phi) is 5.66. The van der Waals surface area contributed by atoms with Gasteiger partial charge in [0.2, 0.25) is 0 Å². The van der Waals surface area contributed by atoms with E-state index in [1.54, 1.807) is 0 Å². The van der Waals surface area contributed by atoms with Crippen molar-refractivity contribution in [1.29, 1.82) is 0 Å². The summed E-state index contributed by atoms with van der Waals surface area (Å²) in [6.45, 7) is 2.28. The maximum Gasteiger partial charge on any atom is 0.416 e. The number of aromatic nitrogens is 2. The number of nitrogens with zero attached hydrogens (tertiary/aromatic N) is 3. The van der Waals surface area contributed by atoms with E-state index in [2.05, 4.69) is 9.98 Å². The fourth-order valence-corrected chi connectivity index (χ4v) is 4.18. The molecule has 4 rings (SSSR count). The molecule has 2 aliphatic rings. The first-order chi connectivity index (χ1) is 14.4. The van der Waals surface area contributed by atoms with Gasteiger partial charge < -0.3 is 4.74 Å². The molecule has 0 atom stereocenters. The van der Waals surface area contributed by atoms with Crippen molar-refractivity contribution in [2.24, 2.45) is 10.9 Å². The Balaban J connectivity index is 1.69. The van der Waals surface area contributed by atoms with Gasteiger partial charge in [0.1, 0.15) is 5.75 Å². The van der Waals surface area contributed by atoms with Gasteiger partial charge in [0, 0.05) is 18.7 Å². The maximum atomic E-state index is 13.1. The predicted molar refractivity (Wildman–Crippen MR) is 108 cm³/mol. The highest BCUT2D eigenvalue weighted by molar-refractivity contribution is 5.94. The van der Waals surface area contributed by atoms with Gasteiger partial charge in [0.05, 0.1) is 11.1 Å². The topological polar surface area (TPSA) is 56.5 Å². The maximum absolute atomic E-state index is 13.1. The van der Waals surface area contributed by atoms with Crippen molar-refractivity contribution in [3.05, 3.63) is 45.7 Å². The normalized spacial score (nSPS) is 17.0. The molecule has 30 heavy (non-hydrogen) atoms. The Morgan fingerprint density at radius 2 is 1.97 bits per heavy atom. The summed E-state index contributed by atoms with van der Waals surface area (Å²) >= 11 is 0. The predicted octanol–water partition coefficient (Wildman–Crippen LogP) is 5.67. The number of fused-ring (bicyclic) bond motifs is 1. The van der Waals surface area contributed by atoms with E-state index in [1.165, 1.54) is 23.1 Å². The average molecular weight is 419 g/mol. The van der Waals surface area contributed by atoms with Gasteiger partial charge in [0.25, 0.3) is 5.56 Å². The molecule has 0 amide bonds. The molecule has 8 heteroatoms. The molecule has 2 heterocycles. The fraction of sp³-hybridized carbons (Fsp3) is 0.500. The summed E-state index contributed by atoms with van der Waals surface area (Å²) in [6, 6.07) is 4.55. The molecule has 1 aliphatic heterocycles. The van der Waals surface area contributed by atoms with Crippen molar-refractivity contribution in [2.45, 2.75) is 64.6 Å². The molecule has 1 fully saturated rings. The van der Waals surface area contributed by atoms with Crippen LogP contribution in [0, 0.1) is 5.92 Å². The van der Waals surface area contributed by atoms with E-state index in [4.69, 9.17) is 4.74 Å². The second kappa shape index (κ2) is 8.24. The first-order valence-electron chi connectivity index (χ1n) is 10.4. The largest absolute Gasteiger partial charge is 0.425 e. The summed E-state index contributed by atoms with van der Waals surface area (Å²) in [5.41, 5.74) is 0.510. The highest BCUT2D eigenvalue weighted by Gasteiger charge is 2.31. The molecule has 0 N–H and O–H groups in total. The van der Waals surface area contributed by atoms with Crippen LogP contribution in [0.25, 0.3) is 0 Å². The number of benzene rings is 1. The molecular weight excluding hydrogens is 395 g/mol. The molecule has 0 saturated heterocycles. The number of aliphatic imine (C=N–C) groups is 1. The molecule has 1 aliphatic carbocycles. The van der Waals surface area contributed by atoms with Crippen molar-refractivity contribution in [3.63, 3.8) is 0 Å². The van der Waals surface area contributed by atoms with Gasteiger partial charge >= 0.3 is 12.2 Å². The zero-order valence-corrected chi connectivity index (χ0v) is 16.8. The lowest BCUT2D eigenvalue weighted by Crippen LogP contribution is -2.27. The summed E-state index contributed by atoms with van der Waals surface area (Å²) in [7, 11) is 0. The highest BCUT2D eigenvalue weighted by atomic mass is 19.4. The summed E-state index contributed by atoms with van der Waals surface area (Å²) in [5.74, 6) is 0.700. The molecule has 160 valence electrons. The molecule has 1 aromatic heterocycles. The molecule has 0 unspecified atom stereocenters. The quantitative estimate of drug-likeness (QED) is 0.627. The number of rotatable bonds is 5. The van der Waals surface area contributed by atoms with Crippen LogP contribution in [0.4, 0.5) is 19.0 Å². The third-order valence-electron chi connectivity index (χ3n) is 5.71. The number of halogens is 3. The molecule has 1 saturated carbocycles. The smallest absolute Gasteiger partial charge is 0.416 e. The highest BCUT2D eigenvalue weighted by Crippen LogP contribution is 2.35. The van der Waals surface area contributed by atoms with Gasteiger partial charge in [-0.25, -0.2) is 4.99 Å². The van der Waals surface area contributed by atoms with Crippen LogP contribution in [0.15, 0.2) is 34.1 Å². The summed E-state index contributed by atoms with van der Waals surface area (Å²) < 4.78 is 46.1. The van der Waals surface area contributed by atoms with Crippen LogP contribution in [0.3, 0.4) is 0 Å². The molecular formula is C22H24F3N3O2. The molecule has 5 nitrogen and oxygen atoms in total. The van der Waals surface area contributed by atoms with Crippen molar-refractivity contribution in [2.75, 3.05) is 0 Å². The van der Waals surface area contributed by atoms with E-state index in [9.17, 15) is 18.0 Å². The summed E-state index contributed by atoms with van der Waals surface area (Å²) in [4.78, 5) is 22.2. The first-order valence-corrected chi connectivity index (χ1v) is 10.4. The number of hydrogen-bond donors (Lipinski definition) is 0.